The highest BCUT2D eigenvalue weighted by molar-refractivity contribution is 7.28. The molecule has 0 aliphatic heterocycles. The fourth-order valence-corrected chi connectivity index (χ4v) is 5.84. The Balaban J connectivity index is 1.82. The molecule has 0 nitrogen and oxygen atoms in total. The zero-order chi connectivity index (χ0) is 17.9. The zero-order valence-corrected chi connectivity index (χ0v) is 16.8. The number of hydrogen-bond acceptors (Lipinski definition) is 0. The molecule has 26 heavy (non-hydrogen) atoms. The Hall–Kier alpha value is -1.20. The maximum Gasteiger partial charge on any atom is 0.131 e. The molecule has 0 saturated heterocycles. The Morgan fingerprint density at radius 2 is 1.31 bits per heavy atom. The van der Waals surface area contributed by atoms with E-state index in [0.717, 1.165) is 11.1 Å². The molecule has 2 aliphatic carbocycles. The van der Waals surface area contributed by atoms with Crippen molar-refractivity contribution in [2.24, 2.45) is 0 Å². The smallest absolute Gasteiger partial charge is 0.131 e. The lowest BCUT2D eigenvalue weighted by Crippen LogP contribution is -2.19. The van der Waals surface area contributed by atoms with Gasteiger partial charge >= 0.3 is 0 Å². The molecule has 2 fully saturated rings. The predicted octanol–water partition coefficient (Wildman–Crippen LogP) is 7.09. The van der Waals surface area contributed by atoms with E-state index in [0.29, 0.717) is 11.8 Å². The summed E-state index contributed by atoms with van der Waals surface area (Å²) in [6, 6.07) is 11.7. The van der Waals surface area contributed by atoms with Gasteiger partial charge in [-0.1, -0.05) is 68.9 Å². The van der Waals surface area contributed by atoms with E-state index in [2.05, 4.69) is 21.4 Å². The molecule has 0 amide bonds. The zero-order valence-electron chi connectivity index (χ0n) is 15.6. The summed E-state index contributed by atoms with van der Waals surface area (Å²) in [7, 11) is 3.00. The largest absolute Gasteiger partial charge is 0.206 e. The molecular weight excluding hydrogens is 338 g/mol. The van der Waals surface area contributed by atoms with Crippen LogP contribution in [0.1, 0.15) is 87.2 Å². The van der Waals surface area contributed by atoms with E-state index >= 15 is 0 Å². The minimum Gasteiger partial charge on any atom is -0.206 e. The van der Waals surface area contributed by atoms with Gasteiger partial charge in [0, 0.05) is 5.56 Å². The second-order valence-electron chi connectivity index (χ2n) is 8.18. The van der Waals surface area contributed by atoms with Gasteiger partial charge in [-0.3, -0.25) is 0 Å². The Morgan fingerprint density at radius 1 is 0.692 bits per heavy atom. The quantitative estimate of drug-likeness (QED) is 0.507. The van der Waals surface area contributed by atoms with Crippen LogP contribution in [0.25, 0.3) is 11.1 Å². The predicted molar refractivity (Wildman–Crippen MR) is 113 cm³/mol. The number of halogens is 1. The molecule has 0 radical (unpaired) electrons. The van der Waals surface area contributed by atoms with Gasteiger partial charge in [-0.15, -0.1) is 9.24 Å². The van der Waals surface area contributed by atoms with Gasteiger partial charge < -0.3 is 0 Å². The summed E-state index contributed by atoms with van der Waals surface area (Å²) in [5.41, 5.74) is 4.92. The average Bonchev–Trinajstić information content (AvgIpc) is 2.70. The molecule has 1 atom stereocenters. The van der Waals surface area contributed by atoms with Crippen molar-refractivity contribution in [3.8, 4) is 11.1 Å². The molecule has 2 heteroatoms. The summed E-state index contributed by atoms with van der Waals surface area (Å²) in [5, 5.41) is 1.25. The molecule has 4 rings (SSSR count). The fourth-order valence-electron chi connectivity index (χ4n) is 5.18. The van der Waals surface area contributed by atoms with Crippen molar-refractivity contribution >= 4 is 14.5 Å². The van der Waals surface area contributed by atoms with Crippen molar-refractivity contribution in [3.63, 3.8) is 0 Å². The lowest BCUT2D eigenvalue weighted by molar-refractivity contribution is 0.420. The van der Waals surface area contributed by atoms with Gasteiger partial charge in [0.2, 0.25) is 0 Å². The first-order valence-electron chi connectivity index (χ1n) is 10.4. The first-order valence-corrected chi connectivity index (χ1v) is 11.0. The Morgan fingerprint density at radius 3 is 1.96 bits per heavy atom. The average molecular weight is 368 g/mol. The number of hydrogen-bond donors (Lipinski definition) is 0. The van der Waals surface area contributed by atoms with Gasteiger partial charge in [-0.25, -0.2) is 4.39 Å². The normalized spacial score (nSPS) is 19.6. The van der Waals surface area contributed by atoms with Crippen molar-refractivity contribution < 1.29 is 4.39 Å². The van der Waals surface area contributed by atoms with Crippen LogP contribution in [-0.2, 0) is 0 Å². The minimum atomic E-state index is -0.115. The molecule has 138 valence electrons. The Kier molecular flexibility index (Phi) is 5.75. The molecule has 2 saturated carbocycles. The molecule has 0 spiro atoms. The third-order valence-electron chi connectivity index (χ3n) is 6.54. The highest BCUT2D eigenvalue weighted by atomic mass is 31.0. The van der Waals surface area contributed by atoms with Crippen LogP contribution in [0, 0.1) is 5.82 Å². The summed E-state index contributed by atoms with van der Waals surface area (Å²) in [6.45, 7) is 0. The first kappa shape index (κ1) is 18.2. The fraction of sp³-hybridized carbons (Fsp3) is 0.500. The van der Waals surface area contributed by atoms with Gasteiger partial charge in [-0.05, 0) is 65.6 Å². The van der Waals surface area contributed by atoms with Crippen LogP contribution in [0.2, 0.25) is 0 Å². The highest BCUT2D eigenvalue weighted by Crippen LogP contribution is 2.42. The van der Waals surface area contributed by atoms with E-state index < -0.39 is 0 Å². The van der Waals surface area contributed by atoms with E-state index in [1.54, 1.807) is 23.3 Å². The second-order valence-corrected chi connectivity index (χ2v) is 8.76. The Labute approximate surface area is 159 Å². The molecule has 2 aromatic rings. The summed E-state index contributed by atoms with van der Waals surface area (Å²) >= 11 is 0. The van der Waals surface area contributed by atoms with Gasteiger partial charge in [0.1, 0.15) is 5.82 Å². The molecule has 1 unspecified atom stereocenters. The summed E-state index contributed by atoms with van der Waals surface area (Å²) in [4.78, 5) is 0. The topological polar surface area (TPSA) is 0 Å². The van der Waals surface area contributed by atoms with Gasteiger partial charge in [0.15, 0.2) is 0 Å². The monoisotopic (exact) mass is 368 g/mol. The van der Waals surface area contributed by atoms with Crippen LogP contribution in [-0.4, -0.2) is 0 Å². The van der Waals surface area contributed by atoms with Crippen molar-refractivity contribution in [1.29, 1.82) is 0 Å². The van der Waals surface area contributed by atoms with Crippen LogP contribution in [0.15, 0.2) is 36.4 Å². The van der Waals surface area contributed by atoms with Crippen LogP contribution >= 0.6 is 9.24 Å². The molecule has 0 heterocycles. The van der Waals surface area contributed by atoms with Crippen LogP contribution < -0.4 is 5.30 Å². The van der Waals surface area contributed by atoms with E-state index in [9.17, 15) is 4.39 Å². The lowest BCUT2D eigenvalue weighted by Gasteiger charge is -2.32. The number of benzene rings is 2. The SMILES string of the molecule is Fc1ccccc1-c1ccc(C2CCCCC2)c(C2CCCCC2)c1P. The van der Waals surface area contributed by atoms with Crippen LogP contribution in [0.4, 0.5) is 4.39 Å². The maximum atomic E-state index is 14.5. The molecule has 0 N–H and O–H groups in total. The second kappa shape index (κ2) is 8.22. The summed E-state index contributed by atoms with van der Waals surface area (Å²) in [5.74, 6) is 1.24. The molecule has 0 bridgehead atoms. The van der Waals surface area contributed by atoms with Crippen molar-refractivity contribution in [3.05, 3.63) is 53.3 Å². The highest BCUT2D eigenvalue weighted by Gasteiger charge is 2.27. The third kappa shape index (κ3) is 3.61. The van der Waals surface area contributed by atoms with Crippen LogP contribution in [0.5, 0.6) is 0 Å². The Bertz CT molecular complexity index is 755. The van der Waals surface area contributed by atoms with Crippen molar-refractivity contribution in [1.82, 2.24) is 0 Å². The molecular formula is C24H30FP. The first-order chi connectivity index (χ1) is 12.8. The van der Waals surface area contributed by atoms with E-state index in [1.807, 2.05) is 12.1 Å². The van der Waals surface area contributed by atoms with E-state index in [-0.39, 0.29) is 5.82 Å². The van der Waals surface area contributed by atoms with E-state index in [1.165, 1.54) is 69.5 Å². The van der Waals surface area contributed by atoms with Crippen molar-refractivity contribution in [2.75, 3.05) is 0 Å². The van der Waals surface area contributed by atoms with Gasteiger partial charge in [0.05, 0.1) is 0 Å². The molecule has 0 aromatic heterocycles. The lowest BCUT2D eigenvalue weighted by atomic mass is 9.75. The van der Waals surface area contributed by atoms with Gasteiger partial charge in [0.25, 0.3) is 0 Å². The third-order valence-corrected chi connectivity index (χ3v) is 7.17. The maximum absolute atomic E-state index is 14.5. The molecule has 2 aromatic carbocycles. The van der Waals surface area contributed by atoms with E-state index in [4.69, 9.17) is 0 Å². The van der Waals surface area contributed by atoms with Gasteiger partial charge in [-0.2, -0.15) is 0 Å². The molecule has 2 aliphatic rings. The summed E-state index contributed by atoms with van der Waals surface area (Å²) in [6.07, 6.45) is 13.4. The summed E-state index contributed by atoms with van der Waals surface area (Å²) < 4.78 is 14.5. The van der Waals surface area contributed by atoms with Crippen LogP contribution in [0.3, 0.4) is 0 Å². The standard InChI is InChI=1S/C24H30FP/c25-22-14-8-7-13-20(22)21-16-15-19(17-9-3-1-4-10-17)23(24(21)26)18-11-5-2-6-12-18/h7-8,13-18H,1-6,9-12,26H2. The van der Waals surface area contributed by atoms with Crippen molar-refractivity contribution in [2.45, 2.75) is 76.0 Å². The number of rotatable bonds is 3. The minimum absolute atomic E-state index is 0.115.